The van der Waals surface area contributed by atoms with Crippen molar-refractivity contribution in [1.82, 2.24) is 14.8 Å². The molecule has 0 amide bonds. The van der Waals surface area contributed by atoms with E-state index in [4.69, 9.17) is 4.74 Å². The lowest BCUT2D eigenvalue weighted by atomic mass is 9.89. The minimum absolute atomic E-state index is 0.267. The first-order valence-corrected chi connectivity index (χ1v) is 9.70. The Morgan fingerprint density at radius 2 is 2.12 bits per heavy atom. The molecule has 0 unspecified atom stereocenters. The third-order valence-electron chi connectivity index (χ3n) is 4.61. The maximum absolute atomic E-state index is 13.8. The molecule has 0 saturated heterocycles. The molecule has 0 spiro atoms. The lowest BCUT2D eigenvalue weighted by Gasteiger charge is -2.21. The molecule has 0 atom stereocenters. The smallest absolute Gasteiger partial charge is 0.191 e. The molecule has 1 aliphatic rings. The van der Waals surface area contributed by atoms with Crippen molar-refractivity contribution < 1.29 is 9.13 Å². The van der Waals surface area contributed by atoms with Gasteiger partial charge in [0.1, 0.15) is 5.82 Å². The molecule has 0 bridgehead atoms. The fourth-order valence-corrected chi connectivity index (χ4v) is 4.22. The Kier molecular flexibility index (Phi) is 6.13. The predicted molar refractivity (Wildman–Crippen MR) is 98.6 cm³/mol. The Bertz CT molecular complexity index is 725. The van der Waals surface area contributed by atoms with E-state index in [0.29, 0.717) is 18.2 Å². The van der Waals surface area contributed by atoms with Gasteiger partial charge in [0.05, 0.1) is 7.11 Å². The molecule has 3 rings (SSSR count). The molecule has 25 heavy (non-hydrogen) atoms. The van der Waals surface area contributed by atoms with E-state index in [2.05, 4.69) is 21.3 Å². The molecule has 0 N–H and O–H groups in total. The first kappa shape index (κ1) is 18.0. The van der Waals surface area contributed by atoms with Gasteiger partial charge in [-0.05, 0) is 30.5 Å². The van der Waals surface area contributed by atoms with E-state index in [1.807, 2.05) is 12.1 Å². The number of thioether (sulfide) groups is 1. The molecular formula is C19H24FN3OS. The lowest BCUT2D eigenvalue weighted by Crippen LogP contribution is -2.12. The van der Waals surface area contributed by atoms with E-state index >= 15 is 0 Å². The second-order valence-electron chi connectivity index (χ2n) is 6.33. The van der Waals surface area contributed by atoms with Gasteiger partial charge in [0.15, 0.2) is 16.7 Å². The van der Waals surface area contributed by atoms with Gasteiger partial charge < -0.3 is 9.30 Å². The van der Waals surface area contributed by atoms with Crippen LogP contribution >= 0.6 is 11.8 Å². The van der Waals surface area contributed by atoms with E-state index in [-0.39, 0.29) is 11.6 Å². The zero-order valence-electron chi connectivity index (χ0n) is 14.6. The summed E-state index contributed by atoms with van der Waals surface area (Å²) in [5.41, 5.74) is 0.899. The predicted octanol–water partition coefficient (Wildman–Crippen LogP) is 4.95. The summed E-state index contributed by atoms with van der Waals surface area (Å²) in [7, 11) is 1.47. The van der Waals surface area contributed by atoms with Crippen LogP contribution in [0.25, 0.3) is 0 Å². The number of aromatic nitrogens is 3. The van der Waals surface area contributed by atoms with Crippen LogP contribution in [0.5, 0.6) is 5.75 Å². The maximum atomic E-state index is 13.8. The van der Waals surface area contributed by atoms with Crippen LogP contribution in [-0.4, -0.2) is 21.9 Å². The summed E-state index contributed by atoms with van der Waals surface area (Å²) in [6, 6.07) is 5.06. The van der Waals surface area contributed by atoms with Crippen LogP contribution in [0.2, 0.25) is 0 Å². The van der Waals surface area contributed by atoms with Crippen LogP contribution in [0.4, 0.5) is 4.39 Å². The molecule has 134 valence electrons. The Labute approximate surface area is 152 Å². The average Bonchev–Trinajstić information content (AvgIpc) is 3.04. The fourth-order valence-electron chi connectivity index (χ4n) is 3.32. The maximum Gasteiger partial charge on any atom is 0.191 e. The van der Waals surface area contributed by atoms with Crippen molar-refractivity contribution in [3.63, 3.8) is 0 Å². The Balaban J connectivity index is 1.74. The molecule has 6 heteroatoms. The zero-order chi connectivity index (χ0) is 17.6. The van der Waals surface area contributed by atoms with Crippen molar-refractivity contribution in [2.45, 2.75) is 55.5 Å². The number of hydrogen-bond donors (Lipinski definition) is 0. The third kappa shape index (κ3) is 4.24. The van der Waals surface area contributed by atoms with Crippen molar-refractivity contribution >= 4 is 11.8 Å². The highest BCUT2D eigenvalue weighted by atomic mass is 32.2. The summed E-state index contributed by atoms with van der Waals surface area (Å²) in [4.78, 5) is 0. The van der Waals surface area contributed by atoms with Crippen molar-refractivity contribution in [2.24, 2.45) is 0 Å². The molecule has 0 aliphatic heterocycles. The van der Waals surface area contributed by atoms with E-state index < -0.39 is 0 Å². The molecule has 1 fully saturated rings. The minimum Gasteiger partial charge on any atom is -0.494 e. The van der Waals surface area contributed by atoms with Crippen molar-refractivity contribution in [2.75, 3.05) is 7.11 Å². The number of rotatable bonds is 7. The summed E-state index contributed by atoms with van der Waals surface area (Å²) in [6.45, 7) is 4.57. The van der Waals surface area contributed by atoms with Gasteiger partial charge in [-0.1, -0.05) is 43.2 Å². The summed E-state index contributed by atoms with van der Waals surface area (Å²) >= 11 is 1.58. The Morgan fingerprint density at radius 1 is 1.32 bits per heavy atom. The normalized spacial score (nSPS) is 15.3. The van der Waals surface area contributed by atoms with Gasteiger partial charge in [0.2, 0.25) is 0 Å². The standard InChI is InChI=1S/C19H24FN3OS/c1-3-11-23-18(15-7-5-4-6-8-15)21-22-19(23)25-13-14-9-10-17(24-2)16(20)12-14/h3,9-10,12,15H,1,4-8,11,13H2,2H3. The van der Waals surface area contributed by atoms with Crippen molar-refractivity contribution in [3.8, 4) is 5.75 Å². The molecule has 1 aliphatic carbocycles. The zero-order valence-corrected chi connectivity index (χ0v) is 15.4. The molecule has 1 aromatic carbocycles. The second kappa shape index (κ2) is 8.52. The van der Waals surface area contributed by atoms with Crippen LogP contribution in [0, 0.1) is 5.82 Å². The number of methoxy groups -OCH3 is 1. The monoisotopic (exact) mass is 361 g/mol. The molecule has 4 nitrogen and oxygen atoms in total. The first-order valence-electron chi connectivity index (χ1n) is 8.72. The van der Waals surface area contributed by atoms with Gasteiger partial charge in [0.25, 0.3) is 0 Å². The van der Waals surface area contributed by atoms with Gasteiger partial charge in [-0.3, -0.25) is 0 Å². The topological polar surface area (TPSA) is 39.9 Å². The van der Waals surface area contributed by atoms with Gasteiger partial charge in [0, 0.05) is 18.2 Å². The first-order chi connectivity index (χ1) is 12.2. The minimum atomic E-state index is -0.337. The van der Waals surface area contributed by atoms with Crippen LogP contribution in [0.15, 0.2) is 36.0 Å². The van der Waals surface area contributed by atoms with Gasteiger partial charge >= 0.3 is 0 Å². The average molecular weight is 361 g/mol. The number of ether oxygens (including phenoxy) is 1. The highest BCUT2D eigenvalue weighted by molar-refractivity contribution is 7.98. The van der Waals surface area contributed by atoms with Crippen LogP contribution in [-0.2, 0) is 12.3 Å². The van der Waals surface area contributed by atoms with Crippen molar-refractivity contribution in [3.05, 3.63) is 48.1 Å². The van der Waals surface area contributed by atoms with E-state index in [1.165, 1.54) is 45.3 Å². The summed E-state index contributed by atoms with van der Waals surface area (Å²) in [6.07, 6.45) is 8.09. The number of benzene rings is 1. The second-order valence-corrected chi connectivity index (χ2v) is 7.28. The SMILES string of the molecule is C=CCn1c(SCc2ccc(OC)c(F)c2)nnc1C1CCCCC1. The molecule has 1 aromatic heterocycles. The number of nitrogens with zero attached hydrogens (tertiary/aromatic N) is 3. The van der Waals surface area contributed by atoms with Crippen LogP contribution < -0.4 is 4.74 Å². The third-order valence-corrected chi connectivity index (χ3v) is 5.65. The molecule has 2 aromatic rings. The van der Waals surface area contributed by atoms with E-state index in [9.17, 15) is 4.39 Å². The van der Waals surface area contributed by atoms with Gasteiger partial charge in [-0.2, -0.15) is 0 Å². The highest BCUT2D eigenvalue weighted by Gasteiger charge is 2.23. The van der Waals surface area contributed by atoms with Crippen LogP contribution in [0.1, 0.15) is 49.4 Å². The molecule has 0 radical (unpaired) electrons. The van der Waals surface area contributed by atoms with Gasteiger partial charge in [-0.25, -0.2) is 4.39 Å². The Morgan fingerprint density at radius 3 is 2.80 bits per heavy atom. The Hall–Kier alpha value is -1.82. The highest BCUT2D eigenvalue weighted by Crippen LogP contribution is 2.34. The number of allylic oxidation sites excluding steroid dienone is 1. The summed E-state index contributed by atoms with van der Waals surface area (Å²) < 4.78 is 21.0. The summed E-state index contributed by atoms with van der Waals surface area (Å²) in [5, 5.41) is 9.73. The number of halogens is 1. The molecule has 1 heterocycles. The summed E-state index contributed by atoms with van der Waals surface area (Å²) in [5.74, 6) is 2.14. The lowest BCUT2D eigenvalue weighted by molar-refractivity contribution is 0.386. The molecule has 1 saturated carbocycles. The van der Waals surface area contributed by atoms with Gasteiger partial charge in [-0.15, -0.1) is 16.8 Å². The van der Waals surface area contributed by atoms with E-state index in [1.54, 1.807) is 17.8 Å². The fraction of sp³-hybridized carbons (Fsp3) is 0.474. The van der Waals surface area contributed by atoms with Crippen LogP contribution in [0.3, 0.4) is 0 Å². The quantitative estimate of drug-likeness (QED) is 0.517. The largest absolute Gasteiger partial charge is 0.494 e. The number of hydrogen-bond acceptors (Lipinski definition) is 4. The molecular weight excluding hydrogens is 337 g/mol. The van der Waals surface area contributed by atoms with E-state index in [0.717, 1.165) is 16.5 Å². The van der Waals surface area contributed by atoms with Crippen molar-refractivity contribution in [1.29, 1.82) is 0 Å².